The maximum atomic E-state index is 12.8. The van der Waals surface area contributed by atoms with E-state index in [2.05, 4.69) is 5.32 Å². The van der Waals surface area contributed by atoms with Crippen molar-refractivity contribution in [3.05, 3.63) is 65.2 Å². The van der Waals surface area contributed by atoms with Crippen molar-refractivity contribution in [3.63, 3.8) is 0 Å². The number of nitrogens with zero attached hydrogens (tertiary/aromatic N) is 1. The summed E-state index contributed by atoms with van der Waals surface area (Å²) in [6.45, 7) is 1.51. The Labute approximate surface area is 160 Å². The summed E-state index contributed by atoms with van der Waals surface area (Å²) in [5.41, 5.74) is 6.51. The zero-order chi connectivity index (χ0) is 20.3. The van der Waals surface area contributed by atoms with Crippen molar-refractivity contribution >= 4 is 35.5 Å². The van der Waals surface area contributed by atoms with Crippen LogP contribution < -0.4 is 20.7 Å². The fraction of sp³-hybridized carbons (Fsp3) is 0.100. The zero-order valence-electron chi connectivity index (χ0n) is 15.0. The van der Waals surface area contributed by atoms with E-state index < -0.39 is 23.8 Å². The van der Waals surface area contributed by atoms with Crippen molar-refractivity contribution in [3.8, 4) is 5.75 Å². The van der Waals surface area contributed by atoms with E-state index >= 15 is 0 Å². The average molecular weight is 379 g/mol. The molecule has 142 valence electrons. The fourth-order valence-electron chi connectivity index (χ4n) is 2.67. The SMILES string of the molecule is Cc1ccccc1N1C(=O)NC(=O)/C(=C\c2ccc(OCC(N)=O)cc2)C1=O. The summed E-state index contributed by atoms with van der Waals surface area (Å²) >= 11 is 0. The van der Waals surface area contributed by atoms with Crippen molar-refractivity contribution in [1.29, 1.82) is 0 Å². The maximum absolute atomic E-state index is 12.8. The number of barbiturate groups is 1. The number of benzene rings is 2. The van der Waals surface area contributed by atoms with Crippen molar-refractivity contribution in [1.82, 2.24) is 5.32 Å². The van der Waals surface area contributed by atoms with Crippen LogP contribution in [0.5, 0.6) is 5.75 Å². The molecule has 1 aliphatic rings. The van der Waals surface area contributed by atoms with Gasteiger partial charge in [-0.05, 0) is 42.3 Å². The van der Waals surface area contributed by atoms with Crippen LogP contribution in [0.4, 0.5) is 10.5 Å². The lowest BCUT2D eigenvalue weighted by Crippen LogP contribution is -2.54. The fourth-order valence-corrected chi connectivity index (χ4v) is 2.67. The topological polar surface area (TPSA) is 119 Å². The van der Waals surface area contributed by atoms with Gasteiger partial charge < -0.3 is 10.5 Å². The third-order valence-corrected chi connectivity index (χ3v) is 4.03. The number of carbonyl (C=O) groups is 4. The van der Waals surface area contributed by atoms with Crippen molar-refractivity contribution in [2.24, 2.45) is 5.73 Å². The van der Waals surface area contributed by atoms with Gasteiger partial charge in [-0.3, -0.25) is 19.7 Å². The molecule has 0 unspecified atom stereocenters. The number of para-hydroxylation sites is 1. The lowest BCUT2D eigenvalue weighted by molar-refractivity contribution is -0.123. The number of urea groups is 1. The van der Waals surface area contributed by atoms with Gasteiger partial charge in [-0.1, -0.05) is 30.3 Å². The Bertz CT molecular complexity index is 995. The zero-order valence-corrected chi connectivity index (χ0v) is 15.0. The van der Waals surface area contributed by atoms with Crippen LogP contribution in [0.15, 0.2) is 54.1 Å². The van der Waals surface area contributed by atoms with Gasteiger partial charge in [0.05, 0.1) is 5.69 Å². The van der Waals surface area contributed by atoms with Crippen LogP contribution in [0.1, 0.15) is 11.1 Å². The Hall–Kier alpha value is -3.94. The quantitative estimate of drug-likeness (QED) is 0.603. The molecule has 8 heteroatoms. The molecule has 2 aromatic rings. The standard InChI is InChI=1S/C20H17N3O5/c1-12-4-2-3-5-16(12)23-19(26)15(18(25)22-20(23)27)10-13-6-8-14(9-7-13)28-11-17(21)24/h2-10H,11H2,1H3,(H2,21,24)(H,22,25,27)/b15-10+. The van der Waals surface area contributed by atoms with E-state index in [0.717, 1.165) is 10.5 Å². The number of hydrogen-bond acceptors (Lipinski definition) is 5. The second-order valence-corrected chi connectivity index (χ2v) is 6.07. The monoisotopic (exact) mass is 379 g/mol. The number of aryl methyl sites for hydroxylation is 1. The smallest absolute Gasteiger partial charge is 0.335 e. The molecule has 0 aromatic heterocycles. The van der Waals surface area contributed by atoms with Gasteiger partial charge in [-0.15, -0.1) is 0 Å². The summed E-state index contributed by atoms with van der Waals surface area (Å²) in [4.78, 5) is 49.0. The molecule has 5 amide bonds. The number of amides is 5. The highest BCUT2D eigenvalue weighted by Gasteiger charge is 2.37. The molecule has 0 aliphatic carbocycles. The summed E-state index contributed by atoms with van der Waals surface area (Å²) in [6.07, 6.45) is 1.38. The molecular formula is C20H17N3O5. The first kappa shape index (κ1) is 18.8. The number of carbonyl (C=O) groups excluding carboxylic acids is 4. The van der Waals surface area contributed by atoms with Crippen LogP contribution in [0, 0.1) is 6.92 Å². The number of anilines is 1. The molecule has 28 heavy (non-hydrogen) atoms. The second-order valence-electron chi connectivity index (χ2n) is 6.07. The first-order valence-electron chi connectivity index (χ1n) is 8.35. The third-order valence-electron chi connectivity index (χ3n) is 4.03. The molecule has 0 saturated carbocycles. The highest BCUT2D eigenvalue weighted by atomic mass is 16.5. The van der Waals surface area contributed by atoms with E-state index in [1.165, 1.54) is 6.08 Å². The molecule has 0 spiro atoms. The normalized spacial score (nSPS) is 15.5. The van der Waals surface area contributed by atoms with Gasteiger partial charge in [-0.2, -0.15) is 0 Å². The number of primary amides is 1. The molecular weight excluding hydrogens is 362 g/mol. The van der Waals surface area contributed by atoms with Crippen LogP contribution in [-0.4, -0.2) is 30.4 Å². The predicted octanol–water partition coefficient (Wildman–Crippen LogP) is 1.53. The van der Waals surface area contributed by atoms with Gasteiger partial charge in [0.25, 0.3) is 17.7 Å². The highest BCUT2D eigenvalue weighted by molar-refractivity contribution is 6.39. The van der Waals surface area contributed by atoms with Crippen LogP contribution in [-0.2, 0) is 14.4 Å². The molecule has 1 heterocycles. The molecule has 1 aliphatic heterocycles. The molecule has 0 radical (unpaired) electrons. The van der Waals surface area contributed by atoms with E-state index in [9.17, 15) is 19.2 Å². The third kappa shape index (κ3) is 3.90. The molecule has 1 fully saturated rings. The minimum absolute atomic E-state index is 0.173. The molecule has 1 saturated heterocycles. The Morgan fingerprint density at radius 2 is 1.79 bits per heavy atom. The number of nitrogens with one attached hydrogen (secondary N) is 1. The van der Waals surface area contributed by atoms with Crippen LogP contribution in [0.25, 0.3) is 6.08 Å². The van der Waals surface area contributed by atoms with Crippen molar-refractivity contribution in [2.45, 2.75) is 6.92 Å². The van der Waals surface area contributed by atoms with Gasteiger partial charge in [0.15, 0.2) is 6.61 Å². The summed E-state index contributed by atoms with van der Waals surface area (Å²) < 4.78 is 5.16. The van der Waals surface area contributed by atoms with E-state index in [1.54, 1.807) is 55.5 Å². The Kier molecular flexibility index (Phi) is 5.21. The van der Waals surface area contributed by atoms with Gasteiger partial charge in [0.1, 0.15) is 11.3 Å². The van der Waals surface area contributed by atoms with E-state index in [0.29, 0.717) is 17.0 Å². The number of ether oxygens (including phenoxy) is 1. The van der Waals surface area contributed by atoms with Gasteiger partial charge in [0.2, 0.25) is 0 Å². The van der Waals surface area contributed by atoms with Crippen LogP contribution in [0.2, 0.25) is 0 Å². The van der Waals surface area contributed by atoms with Gasteiger partial charge in [-0.25, -0.2) is 9.69 Å². The Morgan fingerprint density at radius 1 is 1.11 bits per heavy atom. The minimum atomic E-state index is -0.795. The first-order valence-corrected chi connectivity index (χ1v) is 8.35. The largest absolute Gasteiger partial charge is 0.484 e. The average Bonchev–Trinajstić information content (AvgIpc) is 2.65. The minimum Gasteiger partial charge on any atom is -0.484 e. The number of imide groups is 2. The number of hydrogen-bond donors (Lipinski definition) is 2. The molecule has 8 nitrogen and oxygen atoms in total. The van der Waals surface area contributed by atoms with E-state index in [1.807, 2.05) is 0 Å². The Balaban J connectivity index is 1.89. The molecule has 0 bridgehead atoms. The molecule has 3 rings (SSSR count). The second kappa shape index (κ2) is 7.75. The van der Waals surface area contributed by atoms with Crippen LogP contribution in [0.3, 0.4) is 0 Å². The summed E-state index contributed by atoms with van der Waals surface area (Å²) in [5, 5.41) is 2.18. The first-order chi connectivity index (χ1) is 13.4. The summed E-state index contributed by atoms with van der Waals surface area (Å²) in [5.74, 6) is -1.67. The predicted molar refractivity (Wildman–Crippen MR) is 101 cm³/mol. The van der Waals surface area contributed by atoms with E-state index in [4.69, 9.17) is 10.5 Å². The molecule has 3 N–H and O–H groups in total. The van der Waals surface area contributed by atoms with Gasteiger partial charge >= 0.3 is 6.03 Å². The van der Waals surface area contributed by atoms with Gasteiger partial charge in [0, 0.05) is 0 Å². The highest BCUT2D eigenvalue weighted by Crippen LogP contribution is 2.25. The van der Waals surface area contributed by atoms with E-state index in [-0.39, 0.29) is 12.2 Å². The van der Waals surface area contributed by atoms with Crippen molar-refractivity contribution < 1.29 is 23.9 Å². The van der Waals surface area contributed by atoms with Crippen LogP contribution >= 0.6 is 0 Å². The number of rotatable bonds is 5. The lowest BCUT2D eigenvalue weighted by Gasteiger charge is -2.27. The maximum Gasteiger partial charge on any atom is 0.335 e. The van der Waals surface area contributed by atoms with Crippen molar-refractivity contribution in [2.75, 3.05) is 11.5 Å². The lowest BCUT2D eigenvalue weighted by atomic mass is 10.1. The summed E-state index contributed by atoms with van der Waals surface area (Å²) in [6, 6.07) is 12.5. The number of nitrogens with two attached hydrogens (primary N) is 1. The summed E-state index contributed by atoms with van der Waals surface area (Å²) in [7, 11) is 0. The Morgan fingerprint density at radius 3 is 2.43 bits per heavy atom. The molecule has 2 aromatic carbocycles. The molecule has 0 atom stereocenters.